The summed E-state index contributed by atoms with van der Waals surface area (Å²) in [6.07, 6.45) is 5.67. The first-order valence-electron chi connectivity index (χ1n) is 8.90. The molecule has 0 aromatic heterocycles. The van der Waals surface area contributed by atoms with E-state index in [1.807, 2.05) is 6.92 Å². The highest BCUT2D eigenvalue weighted by atomic mass is 32.2. The van der Waals surface area contributed by atoms with E-state index in [9.17, 15) is 16.8 Å². The summed E-state index contributed by atoms with van der Waals surface area (Å²) in [5.74, 6) is 0. The van der Waals surface area contributed by atoms with Crippen LogP contribution in [0.3, 0.4) is 0 Å². The predicted octanol–water partition coefficient (Wildman–Crippen LogP) is 2.72. The van der Waals surface area contributed by atoms with E-state index in [-0.39, 0.29) is 15.8 Å². The van der Waals surface area contributed by atoms with Gasteiger partial charge in [-0.15, -0.1) is 0 Å². The van der Waals surface area contributed by atoms with E-state index in [2.05, 4.69) is 11.6 Å². The van der Waals surface area contributed by atoms with Gasteiger partial charge in [0.1, 0.15) is 0 Å². The molecule has 1 N–H and O–H groups in total. The van der Waals surface area contributed by atoms with Crippen LogP contribution in [0.4, 0.5) is 0 Å². The summed E-state index contributed by atoms with van der Waals surface area (Å²) in [4.78, 5) is 0.236. The van der Waals surface area contributed by atoms with Crippen LogP contribution >= 0.6 is 0 Å². The Morgan fingerprint density at radius 3 is 2.12 bits per heavy atom. The van der Waals surface area contributed by atoms with Crippen molar-refractivity contribution in [3.05, 3.63) is 24.3 Å². The van der Waals surface area contributed by atoms with Crippen molar-refractivity contribution in [2.24, 2.45) is 0 Å². The number of benzene rings is 1. The Morgan fingerprint density at radius 1 is 1.00 bits per heavy atom. The Kier molecular flexibility index (Phi) is 7.01. The number of unbranched alkanes of at least 4 members (excludes halogenated alkanes) is 2. The van der Waals surface area contributed by atoms with E-state index >= 15 is 0 Å². The Morgan fingerprint density at radius 2 is 1.56 bits per heavy atom. The van der Waals surface area contributed by atoms with Crippen LogP contribution in [0.1, 0.15) is 52.4 Å². The molecule has 1 unspecified atom stereocenters. The minimum atomic E-state index is -3.64. The standard InChI is InChI=1S/C17H28N2O4S2/c1-3-4-5-8-15(2)18-24(20,21)16-9-11-17(12-10-16)25(22,23)19-13-6-7-14-19/h9-12,15,18H,3-8,13-14H2,1-2H3. The number of nitrogens with one attached hydrogen (secondary N) is 1. The maximum Gasteiger partial charge on any atom is 0.243 e. The number of hydrogen-bond acceptors (Lipinski definition) is 4. The predicted molar refractivity (Wildman–Crippen MR) is 98.4 cm³/mol. The number of nitrogens with zero attached hydrogens (tertiary/aromatic N) is 1. The molecule has 1 aliphatic rings. The van der Waals surface area contributed by atoms with Gasteiger partial charge in [-0.2, -0.15) is 4.31 Å². The molecule has 0 bridgehead atoms. The molecule has 0 amide bonds. The average Bonchev–Trinajstić information content (AvgIpc) is 3.10. The molecule has 142 valence electrons. The molecular weight excluding hydrogens is 360 g/mol. The monoisotopic (exact) mass is 388 g/mol. The van der Waals surface area contributed by atoms with E-state index in [1.54, 1.807) is 0 Å². The van der Waals surface area contributed by atoms with Crippen LogP contribution < -0.4 is 4.72 Å². The van der Waals surface area contributed by atoms with Crippen LogP contribution in [0.25, 0.3) is 0 Å². The zero-order valence-corrected chi connectivity index (χ0v) is 16.6. The molecule has 1 saturated heterocycles. The van der Waals surface area contributed by atoms with Crippen molar-refractivity contribution in [2.75, 3.05) is 13.1 Å². The van der Waals surface area contributed by atoms with Crippen LogP contribution in [0.15, 0.2) is 34.1 Å². The molecular formula is C17H28N2O4S2. The fraction of sp³-hybridized carbons (Fsp3) is 0.647. The van der Waals surface area contributed by atoms with E-state index in [4.69, 9.17) is 0 Å². The lowest BCUT2D eigenvalue weighted by molar-refractivity contribution is 0.477. The van der Waals surface area contributed by atoms with Crippen molar-refractivity contribution in [1.82, 2.24) is 9.03 Å². The molecule has 0 spiro atoms. The maximum absolute atomic E-state index is 12.5. The first-order valence-corrected chi connectivity index (χ1v) is 11.8. The Bertz CT molecular complexity index is 752. The number of rotatable bonds is 9. The highest BCUT2D eigenvalue weighted by molar-refractivity contribution is 7.89. The first kappa shape index (κ1) is 20.4. The van der Waals surface area contributed by atoms with Crippen LogP contribution in [0, 0.1) is 0 Å². The lowest BCUT2D eigenvalue weighted by Gasteiger charge is -2.16. The topological polar surface area (TPSA) is 83.5 Å². The van der Waals surface area contributed by atoms with Crippen LogP contribution in [-0.4, -0.2) is 40.3 Å². The molecule has 2 rings (SSSR count). The molecule has 8 heteroatoms. The summed E-state index contributed by atoms with van der Waals surface area (Å²) in [7, 11) is -7.16. The van der Waals surface area contributed by atoms with E-state index in [0.717, 1.165) is 38.5 Å². The average molecular weight is 389 g/mol. The molecule has 25 heavy (non-hydrogen) atoms. The van der Waals surface area contributed by atoms with Gasteiger partial charge >= 0.3 is 0 Å². The molecule has 0 radical (unpaired) electrons. The Balaban J connectivity index is 2.07. The fourth-order valence-electron chi connectivity index (χ4n) is 2.96. The van der Waals surface area contributed by atoms with Crippen molar-refractivity contribution in [3.63, 3.8) is 0 Å². The minimum absolute atomic E-state index is 0.0928. The van der Waals surface area contributed by atoms with E-state index in [1.165, 1.54) is 28.6 Å². The van der Waals surface area contributed by atoms with Gasteiger partial charge in [-0.1, -0.05) is 26.2 Å². The van der Waals surface area contributed by atoms with Gasteiger partial charge in [0, 0.05) is 19.1 Å². The molecule has 0 saturated carbocycles. The molecule has 1 aliphatic heterocycles. The third kappa shape index (κ3) is 5.26. The highest BCUT2D eigenvalue weighted by Gasteiger charge is 2.27. The minimum Gasteiger partial charge on any atom is -0.208 e. The largest absolute Gasteiger partial charge is 0.243 e. The quantitative estimate of drug-likeness (QED) is 0.659. The number of hydrogen-bond donors (Lipinski definition) is 1. The molecule has 1 atom stereocenters. The third-order valence-corrected chi connectivity index (χ3v) is 7.95. The number of sulfonamides is 2. The van der Waals surface area contributed by atoms with Crippen LogP contribution in [0.5, 0.6) is 0 Å². The van der Waals surface area contributed by atoms with Crippen LogP contribution in [-0.2, 0) is 20.0 Å². The summed E-state index contributed by atoms with van der Waals surface area (Å²) in [6, 6.07) is 5.34. The lowest BCUT2D eigenvalue weighted by atomic mass is 10.1. The second-order valence-electron chi connectivity index (χ2n) is 6.60. The van der Waals surface area contributed by atoms with Gasteiger partial charge in [-0.3, -0.25) is 0 Å². The molecule has 1 aromatic rings. The van der Waals surface area contributed by atoms with Gasteiger partial charge in [0.25, 0.3) is 0 Å². The molecule has 6 nitrogen and oxygen atoms in total. The van der Waals surface area contributed by atoms with Gasteiger partial charge in [-0.25, -0.2) is 21.6 Å². The van der Waals surface area contributed by atoms with E-state index < -0.39 is 20.0 Å². The fourth-order valence-corrected chi connectivity index (χ4v) is 5.76. The summed E-state index contributed by atoms with van der Waals surface area (Å²) in [5, 5.41) is 0. The second kappa shape index (κ2) is 8.62. The van der Waals surface area contributed by atoms with E-state index in [0.29, 0.717) is 13.1 Å². The van der Waals surface area contributed by atoms with Gasteiger partial charge in [-0.05, 0) is 50.5 Å². The molecule has 1 heterocycles. The zero-order chi connectivity index (χ0) is 18.5. The van der Waals surface area contributed by atoms with Gasteiger partial charge in [0.2, 0.25) is 20.0 Å². The van der Waals surface area contributed by atoms with Crippen molar-refractivity contribution < 1.29 is 16.8 Å². The van der Waals surface area contributed by atoms with Gasteiger partial charge in [0.05, 0.1) is 9.79 Å². The van der Waals surface area contributed by atoms with Crippen molar-refractivity contribution in [2.45, 2.75) is 68.2 Å². The second-order valence-corrected chi connectivity index (χ2v) is 10.3. The summed E-state index contributed by atoms with van der Waals surface area (Å²) in [5.41, 5.74) is 0. The lowest BCUT2D eigenvalue weighted by Crippen LogP contribution is -2.32. The zero-order valence-electron chi connectivity index (χ0n) is 14.9. The smallest absolute Gasteiger partial charge is 0.208 e. The van der Waals surface area contributed by atoms with Crippen molar-refractivity contribution in [1.29, 1.82) is 0 Å². The van der Waals surface area contributed by atoms with Crippen molar-refractivity contribution in [3.8, 4) is 0 Å². The molecule has 1 aromatic carbocycles. The van der Waals surface area contributed by atoms with Crippen molar-refractivity contribution >= 4 is 20.0 Å². The Labute approximate surface area is 151 Å². The van der Waals surface area contributed by atoms with Gasteiger partial charge < -0.3 is 0 Å². The summed E-state index contributed by atoms with van der Waals surface area (Å²) in [6.45, 7) is 5.00. The SMILES string of the molecule is CCCCCC(C)NS(=O)(=O)c1ccc(S(=O)(=O)N2CCCC2)cc1. The third-order valence-electron chi connectivity index (χ3n) is 4.43. The molecule has 1 fully saturated rings. The Hall–Kier alpha value is -0.960. The van der Waals surface area contributed by atoms with Gasteiger partial charge in [0.15, 0.2) is 0 Å². The van der Waals surface area contributed by atoms with Crippen LogP contribution in [0.2, 0.25) is 0 Å². The highest BCUT2D eigenvalue weighted by Crippen LogP contribution is 2.22. The normalized spacial score (nSPS) is 17.7. The summed E-state index contributed by atoms with van der Waals surface area (Å²) < 4.78 is 53.9. The first-order chi connectivity index (χ1) is 11.8. The maximum atomic E-state index is 12.5. The summed E-state index contributed by atoms with van der Waals surface area (Å²) >= 11 is 0. The molecule has 0 aliphatic carbocycles.